The van der Waals surface area contributed by atoms with Gasteiger partial charge < -0.3 is 11.1 Å². The molecule has 0 aliphatic heterocycles. The minimum atomic E-state index is -0.896. The van der Waals surface area contributed by atoms with Crippen molar-refractivity contribution in [1.29, 1.82) is 0 Å². The van der Waals surface area contributed by atoms with Crippen LogP contribution >= 0.6 is 0 Å². The lowest BCUT2D eigenvalue weighted by Crippen LogP contribution is -2.40. The number of nitrogens with zero attached hydrogens (tertiary/aromatic N) is 1. The van der Waals surface area contributed by atoms with Crippen LogP contribution in [0.25, 0.3) is 0 Å². The summed E-state index contributed by atoms with van der Waals surface area (Å²) in [5.41, 5.74) is 4.28. The van der Waals surface area contributed by atoms with Crippen molar-refractivity contribution in [1.82, 2.24) is 9.55 Å². The second-order valence-corrected chi connectivity index (χ2v) is 4.08. The maximum Gasteiger partial charge on any atom is 0.329 e. The Morgan fingerprint density at radius 2 is 1.95 bits per heavy atom. The first kappa shape index (κ1) is 13.6. The zero-order valence-corrected chi connectivity index (χ0v) is 10.8. The fraction of sp³-hybridized carbons (Fsp3) is 0.154. The zero-order valence-electron chi connectivity index (χ0n) is 10.8. The molecule has 0 radical (unpaired) electrons. The lowest BCUT2D eigenvalue weighted by Gasteiger charge is -2.11. The van der Waals surface area contributed by atoms with E-state index < -0.39 is 17.2 Å². The molecule has 0 bridgehead atoms. The minimum Gasteiger partial charge on any atom is -0.365 e. The van der Waals surface area contributed by atoms with Gasteiger partial charge >= 0.3 is 5.69 Å². The van der Waals surface area contributed by atoms with E-state index in [4.69, 9.17) is 5.73 Å². The van der Waals surface area contributed by atoms with Gasteiger partial charge in [-0.05, 0) is 19.1 Å². The maximum absolute atomic E-state index is 12.1. The second kappa shape index (κ2) is 5.43. The van der Waals surface area contributed by atoms with E-state index in [1.165, 1.54) is 0 Å². The van der Waals surface area contributed by atoms with Crippen molar-refractivity contribution in [2.75, 3.05) is 5.32 Å². The van der Waals surface area contributed by atoms with E-state index in [2.05, 4.69) is 10.3 Å². The number of nitrogens with one attached hydrogen (secondary N) is 2. The number of nitrogens with two attached hydrogens (primary N) is 1. The smallest absolute Gasteiger partial charge is 0.329 e. The van der Waals surface area contributed by atoms with Crippen LogP contribution in [0.5, 0.6) is 0 Å². The quantitative estimate of drug-likeness (QED) is 0.749. The monoisotopic (exact) mass is 274 g/mol. The largest absolute Gasteiger partial charge is 0.365 e. The van der Waals surface area contributed by atoms with Crippen molar-refractivity contribution in [3.05, 3.63) is 56.7 Å². The molecule has 7 heteroatoms. The highest BCUT2D eigenvalue weighted by Crippen LogP contribution is 2.14. The summed E-state index contributed by atoms with van der Waals surface area (Å²) in [6, 6.07) is 8.83. The molecule has 104 valence electrons. The first-order valence-corrected chi connectivity index (χ1v) is 6.03. The fourth-order valence-corrected chi connectivity index (χ4v) is 1.85. The van der Waals surface area contributed by atoms with Crippen LogP contribution in [-0.2, 0) is 6.54 Å². The van der Waals surface area contributed by atoms with Gasteiger partial charge in [-0.2, -0.15) is 0 Å². The molecule has 0 atom stereocenters. The number of anilines is 2. The van der Waals surface area contributed by atoms with Crippen molar-refractivity contribution in [3.8, 4) is 0 Å². The summed E-state index contributed by atoms with van der Waals surface area (Å²) in [4.78, 5) is 37.8. The molecule has 1 aromatic heterocycles. The Morgan fingerprint density at radius 3 is 2.50 bits per heavy atom. The van der Waals surface area contributed by atoms with Gasteiger partial charge in [-0.15, -0.1) is 0 Å². The van der Waals surface area contributed by atoms with E-state index in [-0.39, 0.29) is 17.9 Å². The summed E-state index contributed by atoms with van der Waals surface area (Å²) in [6.07, 6.45) is 0. The van der Waals surface area contributed by atoms with Crippen LogP contribution in [-0.4, -0.2) is 15.5 Å². The summed E-state index contributed by atoms with van der Waals surface area (Å²) in [5, 5.41) is 2.82. The second-order valence-electron chi connectivity index (χ2n) is 4.08. The lowest BCUT2D eigenvalue weighted by molar-refractivity contribution is 0.0998. The molecule has 0 fully saturated rings. The van der Waals surface area contributed by atoms with Crippen molar-refractivity contribution < 1.29 is 4.79 Å². The highest BCUT2D eigenvalue weighted by molar-refractivity contribution is 5.97. The molecule has 2 rings (SSSR count). The molecule has 0 spiro atoms. The Morgan fingerprint density at radius 1 is 1.30 bits per heavy atom. The van der Waals surface area contributed by atoms with Crippen molar-refractivity contribution in [3.63, 3.8) is 0 Å². The SMILES string of the molecule is CCn1c(=O)[nH]c(Nc2ccccc2)c(C(N)=O)c1=O. The molecule has 7 nitrogen and oxygen atoms in total. The standard InChI is InChI=1S/C13H14N4O3/c1-2-17-12(19)9(10(14)18)11(16-13(17)20)15-8-6-4-3-5-7-8/h3-7,15H,2H2,1H3,(H2,14,18)(H,16,20). The third-order valence-electron chi connectivity index (χ3n) is 2.79. The van der Waals surface area contributed by atoms with Gasteiger partial charge in [0.15, 0.2) is 0 Å². The predicted octanol–water partition coefficient (Wildman–Crippen LogP) is 0.399. The Labute approximate surface area is 114 Å². The number of benzene rings is 1. The van der Waals surface area contributed by atoms with Gasteiger partial charge in [-0.25, -0.2) is 4.79 Å². The number of H-pyrrole nitrogens is 1. The number of amides is 1. The number of para-hydroxylation sites is 1. The van der Waals surface area contributed by atoms with Crippen LogP contribution in [0.4, 0.5) is 11.5 Å². The van der Waals surface area contributed by atoms with Crippen LogP contribution in [0.15, 0.2) is 39.9 Å². The molecular weight excluding hydrogens is 260 g/mol. The summed E-state index contributed by atoms with van der Waals surface area (Å²) in [7, 11) is 0. The summed E-state index contributed by atoms with van der Waals surface area (Å²) in [5.74, 6) is -0.893. The van der Waals surface area contributed by atoms with Gasteiger partial charge in [0.2, 0.25) is 0 Å². The topological polar surface area (TPSA) is 110 Å². The normalized spacial score (nSPS) is 10.2. The first-order chi connectivity index (χ1) is 9.54. The first-order valence-electron chi connectivity index (χ1n) is 6.03. The Bertz CT molecular complexity index is 746. The third kappa shape index (κ3) is 2.46. The molecule has 0 saturated carbocycles. The van der Waals surface area contributed by atoms with Gasteiger partial charge in [0, 0.05) is 12.2 Å². The van der Waals surface area contributed by atoms with Crippen LogP contribution < -0.4 is 22.3 Å². The Hall–Kier alpha value is -2.83. The predicted molar refractivity (Wildman–Crippen MR) is 75.2 cm³/mol. The number of aromatic nitrogens is 2. The number of hydrogen-bond donors (Lipinski definition) is 3. The molecule has 1 aromatic carbocycles. The molecule has 20 heavy (non-hydrogen) atoms. The van der Waals surface area contributed by atoms with E-state index >= 15 is 0 Å². The van der Waals surface area contributed by atoms with E-state index in [1.54, 1.807) is 31.2 Å². The van der Waals surface area contributed by atoms with Gasteiger partial charge in [-0.1, -0.05) is 18.2 Å². The molecule has 1 heterocycles. The van der Waals surface area contributed by atoms with Gasteiger partial charge in [0.1, 0.15) is 11.4 Å². The average Bonchev–Trinajstić information content (AvgIpc) is 2.39. The number of rotatable bonds is 4. The minimum absolute atomic E-state index is 0.00315. The highest BCUT2D eigenvalue weighted by atomic mass is 16.2. The Balaban J connectivity index is 2.61. The molecule has 1 amide bonds. The molecule has 0 aliphatic carbocycles. The molecule has 0 unspecified atom stereocenters. The van der Waals surface area contributed by atoms with Crippen molar-refractivity contribution >= 4 is 17.4 Å². The molecule has 0 saturated heterocycles. The van der Waals surface area contributed by atoms with E-state index in [0.717, 1.165) is 4.57 Å². The van der Waals surface area contributed by atoms with Crippen LogP contribution in [0, 0.1) is 0 Å². The molecule has 0 aliphatic rings. The van der Waals surface area contributed by atoms with E-state index in [0.29, 0.717) is 5.69 Å². The molecule has 2 aromatic rings. The molecule has 4 N–H and O–H groups in total. The van der Waals surface area contributed by atoms with Crippen molar-refractivity contribution in [2.45, 2.75) is 13.5 Å². The van der Waals surface area contributed by atoms with Gasteiger partial charge in [0.05, 0.1) is 0 Å². The summed E-state index contributed by atoms with van der Waals surface area (Å²) < 4.78 is 0.913. The lowest BCUT2D eigenvalue weighted by atomic mass is 10.2. The van der Waals surface area contributed by atoms with Crippen LogP contribution in [0.2, 0.25) is 0 Å². The third-order valence-corrected chi connectivity index (χ3v) is 2.79. The molecular formula is C13H14N4O3. The van der Waals surface area contributed by atoms with Crippen LogP contribution in [0.1, 0.15) is 17.3 Å². The Kier molecular flexibility index (Phi) is 3.69. The number of aromatic amines is 1. The van der Waals surface area contributed by atoms with E-state index in [9.17, 15) is 14.4 Å². The fourth-order valence-electron chi connectivity index (χ4n) is 1.85. The summed E-state index contributed by atoms with van der Waals surface area (Å²) in [6.45, 7) is 1.78. The maximum atomic E-state index is 12.1. The van der Waals surface area contributed by atoms with Gasteiger partial charge in [0.25, 0.3) is 11.5 Å². The van der Waals surface area contributed by atoms with E-state index in [1.807, 2.05) is 6.07 Å². The zero-order chi connectivity index (χ0) is 14.7. The number of carbonyl (C=O) groups excluding carboxylic acids is 1. The summed E-state index contributed by atoms with van der Waals surface area (Å²) >= 11 is 0. The number of carbonyl (C=O) groups is 1. The average molecular weight is 274 g/mol. The highest BCUT2D eigenvalue weighted by Gasteiger charge is 2.18. The van der Waals surface area contributed by atoms with Crippen LogP contribution in [0.3, 0.4) is 0 Å². The van der Waals surface area contributed by atoms with Crippen molar-refractivity contribution in [2.24, 2.45) is 5.73 Å². The van der Waals surface area contributed by atoms with Gasteiger partial charge in [-0.3, -0.25) is 19.1 Å². The number of hydrogen-bond acceptors (Lipinski definition) is 4. The number of primary amides is 1.